The summed E-state index contributed by atoms with van der Waals surface area (Å²) in [5.74, 6) is -0.482. The van der Waals surface area contributed by atoms with Gasteiger partial charge in [0.25, 0.3) is 0 Å². The van der Waals surface area contributed by atoms with Crippen LogP contribution in [0, 0.1) is 11.8 Å². The molecule has 35 heavy (non-hydrogen) atoms. The summed E-state index contributed by atoms with van der Waals surface area (Å²) in [6.45, 7) is 5.89. The Morgan fingerprint density at radius 1 is 1.09 bits per heavy atom. The van der Waals surface area contributed by atoms with E-state index in [4.69, 9.17) is 0 Å². The van der Waals surface area contributed by atoms with Crippen LogP contribution in [0.4, 0.5) is 5.82 Å². The molecular formula is C27H32N4O4. The molecule has 1 fully saturated rings. The lowest BCUT2D eigenvalue weighted by molar-refractivity contribution is -0.124. The number of amides is 1. The zero-order valence-electron chi connectivity index (χ0n) is 20.4. The third-order valence-corrected chi connectivity index (χ3v) is 6.71. The van der Waals surface area contributed by atoms with Gasteiger partial charge in [-0.2, -0.15) is 0 Å². The lowest BCUT2D eigenvalue weighted by Gasteiger charge is -2.32. The van der Waals surface area contributed by atoms with Crippen LogP contribution in [0.2, 0.25) is 0 Å². The van der Waals surface area contributed by atoms with Crippen LogP contribution in [0.25, 0.3) is 16.8 Å². The number of nitrogens with zero attached hydrogens (tertiary/aromatic N) is 4. The topological polar surface area (TPSA) is 109 Å². The summed E-state index contributed by atoms with van der Waals surface area (Å²) in [5, 5.41) is 23.9. The van der Waals surface area contributed by atoms with Gasteiger partial charge in [0.05, 0.1) is 12.3 Å². The first-order valence-electron chi connectivity index (χ1n) is 12.1. The van der Waals surface area contributed by atoms with E-state index in [-0.39, 0.29) is 35.9 Å². The number of aromatic carboxylic acids is 1. The summed E-state index contributed by atoms with van der Waals surface area (Å²) >= 11 is 0. The number of aliphatic hydroxyl groups excluding tert-OH is 1. The Morgan fingerprint density at radius 3 is 2.37 bits per heavy atom. The fourth-order valence-corrected chi connectivity index (χ4v) is 4.67. The number of anilines is 1. The number of aromatic nitrogens is 3. The van der Waals surface area contributed by atoms with E-state index in [0.29, 0.717) is 11.6 Å². The number of carbonyl (C=O) groups excluding carboxylic acids is 1. The molecule has 2 aromatic heterocycles. The third kappa shape index (κ3) is 5.27. The number of pyridine rings is 1. The Bertz CT molecular complexity index is 1190. The van der Waals surface area contributed by atoms with Gasteiger partial charge in [-0.15, -0.1) is 5.10 Å². The maximum Gasteiger partial charge on any atom is 0.341 e. The molecule has 0 aliphatic heterocycles. The van der Waals surface area contributed by atoms with Crippen LogP contribution in [0.1, 0.15) is 62.4 Å². The van der Waals surface area contributed by atoms with Crippen molar-refractivity contribution in [2.45, 2.75) is 59.1 Å². The van der Waals surface area contributed by atoms with Gasteiger partial charge in [-0.05, 0) is 74.8 Å². The van der Waals surface area contributed by atoms with Crippen LogP contribution in [-0.4, -0.2) is 42.9 Å². The summed E-state index contributed by atoms with van der Waals surface area (Å²) in [6.07, 6.45) is 8.46. The number of rotatable bonds is 7. The Hall–Kier alpha value is -3.52. The molecule has 0 atom stereocenters. The number of hydrogen-bond acceptors (Lipinski definition) is 5. The van der Waals surface area contributed by atoms with Crippen LogP contribution in [0.15, 0.2) is 48.9 Å². The van der Waals surface area contributed by atoms with Gasteiger partial charge >= 0.3 is 5.97 Å². The first-order chi connectivity index (χ1) is 16.8. The fourth-order valence-electron chi connectivity index (χ4n) is 4.67. The molecule has 0 unspecified atom stereocenters. The zero-order chi connectivity index (χ0) is 25.1. The Balaban J connectivity index is 1.66. The standard InChI is InChI=1S/C27H32N4O4/c1-17(2)31(26(33)21-6-4-18(3)5-7-21)25-24(27(34)35)15-30(29-25)23-10-8-20(9-11-23)22-12-19(16-32)13-28-14-22/h8-15,17-18,21,32H,4-7,16H2,1-3H3,(H,34,35)/t18-,21-. The van der Waals surface area contributed by atoms with Crippen molar-refractivity contribution >= 4 is 17.7 Å². The van der Waals surface area contributed by atoms with Crippen molar-refractivity contribution < 1.29 is 19.8 Å². The number of hydrogen-bond donors (Lipinski definition) is 2. The monoisotopic (exact) mass is 476 g/mol. The first-order valence-corrected chi connectivity index (χ1v) is 12.1. The van der Waals surface area contributed by atoms with Gasteiger partial charge in [-0.25, -0.2) is 9.48 Å². The van der Waals surface area contributed by atoms with Gasteiger partial charge in [0.1, 0.15) is 5.56 Å². The Morgan fingerprint density at radius 2 is 1.77 bits per heavy atom. The van der Waals surface area contributed by atoms with Crippen molar-refractivity contribution in [3.8, 4) is 16.8 Å². The quantitative estimate of drug-likeness (QED) is 0.512. The Labute approximate surface area is 205 Å². The normalized spacial score (nSPS) is 18.0. The highest BCUT2D eigenvalue weighted by Crippen LogP contribution is 2.33. The molecule has 0 saturated heterocycles. The van der Waals surface area contributed by atoms with Gasteiger partial charge in [-0.1, -0.05) is 19.1 Å². The first kappa shape index (κ1) is 24.6. The van der Waals surface area contributed by atoms with Crippen LogP contribution < -0.4 is 4.90 Å². The summed E-state index contributed by atoms with van der Waals surface area (Å²) in [4.78, 5) is 31.3. The number of carbonyl (C=O) groups is 2. The summed E-state index contributed by atoms with van der Waals surface area (Å²) in [6, 6.07) is 9.11. The molecular weight excluding hydrogens is 444 g/mol. The molecule has 0 bridgehead atoms. The molecule has 184 valence electrons. The van der Waals surface area contributed by atoms with Gasteiger partial charge in [0, 0.05) is 36.1 Å². The van der Waals surface area contributed by atoms with Gasteiger partial charge in [0.2, 0.25) is 5.91 Å². The fraction of sp³-hybridized carbons (Fsp3) is 0.407. The van der Waals surface area contributed by atoms with Crippen molar-refractivity contribution in [2.24, 2.45) is 11.8 Å². The second-order valence-electron chi connectivity index (χ2n) is 9.66. The minimum Gasteiger partial charge on any atom is -0.477 e. The molecule has 4 rings (SSSR count). The molecule has 0 radical (unpaired) electrons. The van der Waals surface area contributed by atoms with Crippen molar-refractivity contribution in [1.29, 1.82) is 0 Å². The second kappa shape index (κ2) is 10.4. The highest BCUT2D eigenvalue weighted by Gasteiger charge is 2.34. The van der Waals surface area contributed by atoms with E-state index in [1.165, 1.54) is 10.9 Å². The van der Waals surface area contributed by atoms with E-state index in [9.17, 15) is 19.8 Å². The zero-order valence-corrected chi connectivity index (χ0v) is 20.4. The summed E-state index contributed by atoms with van der Waals surface area (Å²) in [5.41, 5.74) is 3.18. The molecule has 1 amide bonds. The highest BCUT2D eigenvalue weighted by atomic mass is 16.4. The Kier molecular flexibility index (Phi) is 7.31. The highest BCUT2D eigenvalue weighted by molar-refractivity contribution is 6.01. The average Bonchev–Trinajstić information content (AvgIpc) is 3.29. The minimum atomic E-state index is -1.12. The smallest absolute Gasteiger partial charge is 0.341 e. The molecule has 0 spiro atoms. The summed E-state index contributed by atoms with van der Waals surface area (Å²) < 4.78 is 1.51. The van der Waals surface area contributed by atoms with Crippen LogP contribution in [-0.2, 0) is 11.4 Å². The molecule has 8 nitrogen and oxygen atoms in total. The van der Waals surface area contributed by atoms with E-state index in [2.05, 4.69) is 17.0 Å². The molecule has 1 aliphatic rings. The number of carboxylic acid groups (broad SMARTS) is 1. The number of carboxylic acids is 1. The molecule has 1 aliphatic carbocycles. The van der Waals surface area contributed by atoms with E-state index < -0.39 is 5.97 Å². The molecule has 8 heteroatoms. The van der Waals surface area contributed by atoms with Crippen molar-refractivity contribution in [2.75, 3.05) is 4.90 Å². The largest absolute Gasteiger partial charge is 0.477 e. The lowest BCUT2D eigenvalue weighted by atomic mass is 9.82. The predicted octanol–water partition coefficient (Wildman–Crippen LogP) is 4.69. The van der Waals surface area contributed by atoms with Gasteiger partial charge < -0.3 is 10.2 Å². The lowest BCUT2D eigenvalue weighted by Crippen LogP contribution is -2.43. The number of benzene rings is 1. The van der Waals surface area contributed by atoms with Crippen molar-refractivity contribution in [3.05, 3.63) is 60.0 Å². The molecule has 1 saturated carbocycles. The molecule has 2 N–H and O–H groups in total. The van der Waals surface area contributed by atoms with E-state index in [1.54, 1.807) is 17.3 Å². The number of aliphatic hydroxyl groups is 1. The minimum absolute atomic E-state index is 0.000140. The van der Waals surface area contributed by atoms with Crippen LogP contribution in [0.5, 0.6) is 0 Å². The maximum atomic E-state index is 13.5. The van der Waals surface area contributed by atoms with Crippen molar-refractivity contribution in [1.82, 2.24) is 14.8 Å². The van der Waals surface area contributed by atoms with Crippen LogP contribution >= 0.6 is 0 Å². The van der Waals surface area contributed by atoms with Gasteiger partial charge in [-0.3, -0.25) is 14.7 Å². The molecule has 3 aromatic rings. The predicted molar refractivity (Wildman–Crippen MR) is 133 cm³/mol. The average molecular weight is 477 g/mol. The maximum absolute atomic E-state index is 13.5. The molecule has 2 heterocycles. The summed E-state index contributed by atoms with van der Waals surface area (Å²) in [7, 11) is 0. The van der Waals surface area contributed by atoms with Crippen LogP contribution in [0.3, 0.4) is 0 Å². The van der Waals surface area contributed by atoms with Crippen molar-refractivity contribution in [3.63, 3.8) is 0 Å². The SMILES string of the molecule is CC(C)N(c1nn(-c2ccc(-c3cncc(CO)c3)cc2)cc1C(=O)O)C(=O)[C@H]1CC[C@H](C)CC1. The third-order valence-electron chi connectivity index (χ3n) is 6.71. The van der Waals surface area contributed by atoms with E-state index in [0.717, 1.165) is 42.4 Å². The van der Waals surface area contributed by atoms with Gasteiger partial charge in [0.15, 0.2) is 5.82 Å². The molecule has 1 aromatic carbocycles. The van der Waals surface area contributed by atoms with E-state index >= 15 is 0 Å². The second-order valence-corrected chi connectivity index (χ2v) is 9.66. The van der Waals surface area contributed by atoms with E-state index in [1.807, 2.05) is 44.2 Å².